The largest absolute Gasteiger partial charge is 0.480 e. The van der Waals surface area contributed by atoms with E-state index < -0.39 is 17.9 Å². The van der Waals surface area contributed by atoms with Crippen LogP contribution in [-0.2, 0) is 9.53 Å². The molecule has 1 saturated heterocycles. The van der Waals surface area contributed by atoms with E-state index >= 15 is 0 Å². The maximum absolute atomic E-state index is 12.4. The monoisotopic (exact) mass is 347 g/mol. The summed E-state index contributed by atoms with van der Waals surface area (Å²) in [5, 5.41) is 9.39. The standard InChI is InChI=1S/C12H11BrClNO4/c13-7-1-2-8(9(14)5-7)11(16)15-3-4-19-6-10(15)12(17)18/h1-2,5,10H,3-4,6H2,(H,17,18). The third kappa shape index (κ3) is 3.08. The number of amides is 1. The van der Waals surface area contributed by atoms with Gasteiger partial charge in [0.25, 0.3) is 5.91 Å². The molecule has 1 fully saturated rings. The summed E-state index contributed by atoms with van der Waals surface area (Å²) in [5.41, 5.74) is 0.290. The lowest BCUT2D eigenvalue weighted by molar-refractivity contribution is -0.147. The number of hydrogen-bond donors (Lipinski definition) is 1. The highest BCUT2D eigenvalue weighted by Gasteiger charge is 2.33. The number of ether oxygens (including phenoxy) is 1. The second-order valence-electron chi connectivity index (χ2n) is 4.05. The summed E-state index contributed by atoms with van der Waals surface area (Å²) in [6, 6.07) is 3.89. The Morgan fingerprint density at radius 1 is 1.47 bits per heavy atom. The van der Waals surface area contributed by atoms with Crippen molar-refractivity contribution in [2.75, 3.05) is 19.8 Å². The van der Waals surface area contributed by atoms with E-state index in [1.807, 2.05) is 0 Å². The highest BCUT2D eigenvalue weighted by molar-refractivity contribution is 9.10. The van der Waals surface area contributed by atoms with Gasteiger partial charge in [0.2, 0.25) is 0 Å². The Morgan fingerprint density at radius 3 is 2.84 bits per heavy atom. The first-order valence-corrected chi connectivity index (χ1v) is 6.74. The summed E-state index contributed by atoms with van der Waals surface area (Å²) < 4.78 is 5.85. The van der Waals surface area contributed by atoms with Gasteiger partial charge < -0.3 is 14.7 Å². The van der Waals surface area contributed by atoms with Crippen LogP contribution in [0, 0.1) is 0 Å². The van der Waals surface area contributed by atoms with Gasteiger partial charge in [-0.1, -0.05) is 27.5 Å². The first-order valence-electron chi connectivity index (χ1n) is 5.57. The average Bonchev–Trinajstić information content (AvgIpc) is 2.38. The van der Waals surface area contributed by atoms with Gasteiger partial charge in [0.1, 0.15) is 0 Å². The lowest BCUT2D eigenvalue weighted by atomic mass is 10.1. The van der Waals surface area contributed by atoms with Crippen molar-refractivity contribution in [1.82, 2.24) is 4.90 Å². The number of carboxylic acids is 1. The summed E-state index contributed by atoms with van der Waals surface area (Å²) in [4.78, 5) is 24.8. The van der Waals surface area contributed by atoms with Crippen molar-refractivity contribution in [3.8, 4) is 0 Å². The van der Waals surface area contributed by atoms with Gasteiger partial charge in [-0.05, 0) is 18.2 Å². The van der Waals surface area contributed by atoms with Crippen LogP contribution in [0.3, 0.4) is 0 Å². The molecular formula is C12H11BrClNO4. The quantitative estimate of drug-likeness (QED) is 0.888. The van der Waals surface area contributed by atoms with Crippen LogP contribution in [0.5, 0.6) is 0 Å². The molecule has 19 heavy (non-hydrogen) atoms. The zero-order valence-corrected chi connectivity index (χ0v) is 12.1. The molecule has 7 heteroatoms. The van der Waals surface area contributed by atoms with E-state index in [9.17, 15) is 9.59 Å². The van der Waals surface area contributed by atoms with Gasteiger partial charge in [0.15, 0.2) is 6.04 Å². The molecule has 5 nitrogen and oxygen atoms in total. The highest BCUT2D eigenvalue weighted by Crippen LogP contribution is 2.24. The van der Waals surface area contributed by atoms with Gasteiger partial charge in [-0.15, -0.1) is 0 Å². The van der Waals surface area contributed by atoms with E-state index in [-0.39, 0.29) is 23.7 Å². The molecule has 2 rings (SSSR count). The predicted octanol–water partition coefficient (Wildman–Crippen LogP) is 2.03. The molecule has 102 valence electrons. The molecular weight excluding hydrogens is 337 g/mol. The Morgan fingerprint density at radius 2 is 2.21 bits per heavy atom. The van der Waals surface area contributed by atoms with Gasteiger partial charge in [-0.2, -0.15) is 0 Å². The fourth-order valence-electron chi connectivity index (χ4n) is 1.87. The second kappa shape index (κ2) is 5.90. The number of nitrogens with zero attached hydrogens (tertiary/aromatic N) is 1. The Balaban J connectivity index is 2.28. The number of benzene rings is 1. The number of carbonyl (C=O) groups excluding carboxylic acids is 1. The van der Waals surface area contributed by atoms with Crippen LogP contribution in [-0.4, -0.2) is 47.7 Å². The summed E-state index contributed by atoms with van der Waals surface area (Å²) >= 11 is 9.27. The molecule has 1 aliphatic heterocycles. The smallest absolute Gasteiger partial charge is 0.328 e. The Hall–Kier alpha value is -1.11. The number of rotatable bonds is 2. The van der Waals surface area contributed by atoms with Crippen molar-refractivity contribution < 1.29 is 19.4 Å². The molecule has 0 radical (unpaired) electrons. The van der Waals surface area contributed by atoms with Crippen LogP contribution in [0.4, 0.5) is 0 Å². The molecule has 0 aliphatic carbocycles. The molecule has 1 aliphatic rings. The third-order valence-electron chi connectivity index (χ3n) is 2.84. The minimum Gasteiger partial charge on any atom is -0.480 e. The lowest BCUT2D eigenvalue weighted by Gasteiger charge is -2.33. The van der Waals surface area contributed by atoms with Gasteiger partial charge >= 0.3 is 5.97 Å². The summed E-state index contributed by atoms with van der Waals surface area (Å²) in [7, 11) is 0. The zero-order valence-electron chi connectivity index (χ0n) is 9.81. The molecule has 1 amide bonds. The Bertz CT molecular complexity index is 522. The molecule has 0 spiro atoms. The van der Waals surface area contributed by atoms with Crippen molar-refractivity contribution in [2.24, 2.45) is 0 Å². The van der Waals surface area contributed by atoms with Crippen molar-refractivity contribution in [2.45, 2.75) is 6.04 Å². The first kappa shape index (κ1) is 14.3. The molecule has 0 bridgehead atoms. The zero-order chi connectivity index (χ0) is 14.0. The van der Waals surface area contributed by atoms with Gasteiger partial charge in [0, 0.05) is 11.0 Å². The van der Waals surface area contributed by atoms with Crippen LogP contribution in [0.25, 0.3) is 0 Å². The van der Waals surface area contributed by atoms with Crippen molar-refractivity contribution in [3.63, 3.8) is 0 Å². The van der Waals surface area contributed by atoms with E-state index in [0.717, 1.165) is 4.47 Å². The number of carboxylic acid groups (broad SMARTS) is 1. The van der Waals surface area contributed by atoms with Gasteiger partial charge in [-0.3, -0.25) is 4.79 Å². The first-order chi connectivity index (χ1) is 9.00. The summed E-state index contributed by atoms with van der Waals surface area (Å²) in [6.45, 7) is 0.557. The molecule has 0 saturated carbocycles. The molecule has 1 unspecified atom stereocenters. The summed E-state index contributed by atoms with van der Waals surface area (Å²) in [5.74, 6) is -1.48. The van der Waals surface area contributed by atoms with Crippen molar-refractivity contribution in [3.05, 3.63) is 33.3 Å². The van der Waals surface area contributed by atoms with Crippen LogP contribution >= 0.6 is 27.5 Å². The molecule has 0 aromatic heterocycles. The fraction of sp³-hybridized carbons (Fsp3) is 0.333. The maximum atomic E-state index is 12.4. The fourth-order valence-corrected chi connectivity index (χ4v) is 2.62. The van der Waals surface area contributed by atoms with Crippen LogP contribution < -0.4 is 0 Å². The number of morpholine rings is 1. The minimum atomic E-state index is -1.08. The topological polar surface area (TPSA) is 66.8 Å². The third-order valence-corrected chi connectivity index (χ3v) is 3.64. The number of hydrogen-bond acceptors (Lipinski definition) is 3. The van der Waals surface area contributed by atoms with E-state index in [1.165, 1.54) is 4.90 Å². The van der Waals surface area contributed by atoms with Gasteiger partial charge in [-0.25, -0.2) is 4.79 Å². The van der Waals surface area contributed by atoms with Crippen LogP contribution in [0.2, 0.25) is 5.02 Å². The minimum absolute atomic E-state index is 0.00474. The van der Waals surface area contributed by atoms with Crippen LogP contribution in [0.15, 0.2) is 22.7 Å². The van der Waals surface area contributed by atoms with E-state index in [4.69, 9.17) is 21.4 Å². The Kier molecular flexibility index (Phi) is 4.44. The second-order valence-corrected chi connectivity index (χ2v) is 5.37. The molecule has 1 heterocycles. The van der Waals surface area contributed by atoms with E-state index in [0.29, 0.717) is 6.61 Å². The molecule has 1 N–H and O–H groups in total. The van der Waals surface area contributed by atoms with E-state index in [2.05, 4.69) is 15.9 Å². The average molecular weight is 349 g/mol. The maximum Gasteiger partial charge on any atom is 0.328 e. The van der Waals surface area contributed by atoms with Crippen LogP contribution in [0.1, 0.15) is 10.4 Å². The van der Waals surface area contributed by atoms with E-state index in [1.54, 1.807) is 18.2 Å². The van der Waals surface area contributed by atoms with Crippen molar-refractivity contribution in [1.29, 1.82) is 0 Å². The summed E-state index contributed by atoms with van der Waals surface area (Å²) in [6.07, 6.45) is 0. The lowest BCUT2D eigenvalue weighted by Crippen LogP contribution is -2.52. The predicted molar refractivity (Wildman–Crippen MR) is 72.4 cm³/mol. The van der Waals surface area contributed by atoms with Crippen molar-refractivity contribution >= 4 is 39.4 Å². The number of halogens is 2. The van der Waals surface area contributed by atoms with Gasteiger partial charge in [0.05, 0.1) is 23.8 Å². The Labute approximate surface area is 123 Å². The molecule has 1 aromatic carbocycles. The SMILES string of the molecule is O=C(O)C1COCCN1C(=O)c1ccc(Br)cc1Cl. The normalized spacial score (nSPS) is 19.3. The molecule has 1 aromatic rings. The molecule has 1 atom stereocenters. The number of aliphatic carboxylic acids is 1. The highest BCUT2D eigenvalue weighted by atomic mass is 79.9. The number of carbonyl (C=O) groups is 2.